The number of rotatable bonds is 7. The van der Waals surface area contributed by atoms with Gasteiger partial charge in [0.2, 0.25) is 0 Å². The van der Waals surface area contributed by atoms with Crippen LogP contribution >= 0.6 is 11.8 Å². The van der Waals surface area contributed by atoms with Crippen molar-refractivity contribution >= 4 is 11.8 Å². The molecule has 0 radical (unpaired) electrons. The van der Waals surface area contributed by atoms with Crippen LogP contribution in [0, 0.1) is 11.8 Å². The topological polar surface area (TPSA) is 21.3 Å². The van der Waals surface area contributed by atoms with Gasteiger partial charge in [0.05, 0.1) is 6.10 Å². The molecule has 1 N–H and O–H groups in total. The van der Waals surface area contributed by atoms with Crippen LogP contribution in [0.4, 0.5) is 0 Å². The van der Waals surface area contributed by atoms with Crippen molar-refractivity contribution in [3.8, 4) is 0 Å². The second-order valence-corrected chi connectivity index (χ2v) is 7.28. The molecule has 1 heterocycles. The van der Waals surface area contributed by atoms with E-state index in [4.69, 9.17) is 4.74 Å². The van der Waals surface area contributed by atoms with Gasteiger partial charge in [-0.2, -0.15) is 11.8 Å². The average molecular weight is 255 g/mol. The van der Waals surface area contributed by atoms with E-state index in [1.807, 2.05) is 0 Å². The smallest absolute Gasteiger partial charge is 0.0666 e. The Morgan fingerprint density at radius 3 is 2.41 bits per heavy atom. The summed E-state index contributed by atoms with van der Waals surface area (Å²) in [5.74, 6) is 3.32. The van der Waals surface area contributed by atoms with E-state index in [-0.39, 0.29) is 0 Å². The summed E-state index contributed by atoms with van der Waals surface area (Å²) in [6, 6.07) is 0.868. The number of thioether (sulfide) groups is 1. The van der Waals surface area contributed by atoms with Gasteiger partial charge in [0.1, 0.15) is 0 Å². The maximum Gasteiger partial charge on any atom is 0.0666 e. The van der Waals surface area contributed by atoms with E-state index >= 15 is 0 Å². The Morgan fingerprint density at radius 1 is 1.18 bits per heavy atom. The van der Waals surface area contributed by atoms with Crippen LogP contribution in [0.1, 0.15) is 39.0 Å². The van der Waals surface area contributed by atoms with Gasteiger partial charge in [-0.1, -0.05) is 0 Å². The van der Waals surface area contributed by atoms with E-state index in [0.717, 1.165) is 29.7 Å². The first-order valence-electron chi connectivity index (χ1n) is 7.31. The summed E-state index contributed by atoms with van der Waals surface area (Å²) >= 11 is 2.11. The Bertz CT molecular complexity index is 241. The third kappa shape index (κ3) is 3.39. The van der Waals surface area contributed by atoms with E-state index in [2.05, 4.69) is 24.0 Å². The molecule has 0 aromatic heterocycles. The molecule has 3 fully saturated rings. The van der Waals surface area contributed by atoms with Gasteiger partial charge in [-0.15, -0.1) is 0 Å². The lowest BCUT2D eigenvalue weighted by Gasteiger charge is -2.19. The molecular weight excluding hydrogens is 230 g/mol. The van der Waals surface area contributed by atoms with Crippen molar-refractivity contribution in [3.63, 3.8) is 0 Å². The second kappa shape index (κ2) is 5.50. The largest absolute Gasteiger partial charge is 0.377 e. The molecule has 2 atom stereocenters. The lowest BCUT2D eigenvalue weighted by atomic mass is 10.1. The van der Waals surface area contributed by atoms with Crippen molar-refractivity contribution in [2.24, 2.45) is 11.8 Å². The molecule has 0 aromatic carbocycles. The van der Waals surface area contributed by atoms with Gasteiger partial charge in [-0.25, -0.2) is 0 Å². The van der Waals surface area contributed by atoms with Crippen LogP contribution in [0.5, 0.6) is 0 Å². The molecule has 0 aromatic rings. The molecule has 0 bridgehead atoms. The molecule has 17 heavy (non-hydrogen) atoms. The van der Waals surface area contributed by atoms with Gasteiger partial charge < -0.3 is 10.1 Å². The third-order valence-electron chi connectivity index (χ3n) is 4.38. The van der Waals surface area contributed by atoms with E-state index in [1.165, 1.54) is 44.4 Å². The second-order valence-electron chi connectivity index (χ2n) is 5.93. The van der Waals surface area contributed by atoms with Crippen LogP contribution in [0.15, 0.2) is 0 Å². The first-order chi connectivity index (χ1) is 8.34. The molecule has 0 amide bonds. The van der Waals surface area contributed by atoms with Crippen molar-refractivity contribution in [3.05, 3.63) is 0 Å². The van der Waals surface area contributed by atoms with Gasteiger partial charge in [0.25, 0.3) is 0 Å². The zero-order valence-corrected chi connectivity index (χ0v) is 11.7. The summed E-state index contributed by atoms with van der Waals surface area (Å²) < 4.78 is 5.60. The van der Waals surface area contributed by atoms with E-state index < -0.39 is 0 Å². The summed E-state index contributed by atoms with van der Waals surface area (Å²) in [6.07, 6.45) is 7.65. The maximum absolute atomic E-state index is 5.60. The summed E-state index contributed by atoms with van der Waals surface area (Å²) in [5.41, 5.74) is 0. The fraction of sp³-hybridized carbons (Fsp3) is 1.00. The Morgan fingerprint density at radius 2 is 1.88 bits per heavy atom. The molecule has 2 aliphatic carbocycles. The highest BCUT2D eigenvalue weighted by molar-refractivity contribution is 8.00. The predicted molar refractivity (Wildman–Crippen MR) is 73.5 cm³/mol. The molecule has 0 spiro atoms. The van der Waals surface area contributed by atoms with Crippen LogP contribution in [0.2, 0.25) is 0 Å². The fourth-order valence-electron chi connectivity index (χ4n) is 3.00. The van der Waals surface area contributed by atoms with E-state index in [1.54, 1.807) is 0 Å². The Hall–Kier alpha value is 0.270. The van der Waals surface area contributed by atoms with Gasteiger partial charge >= 0.3 is 0 Å². The summed E-state index contributed by atoms with van der Waals surface area (Å²) in [7, 11) is 0. The molecule has 3 rings (SSSR count). The van der Waals surface area contributed by atoms with Crippen LogP contribution in [-0.2, 0) is 4.74 Å². The number of ether oxygens (including phenoxy) is 1. The highest BCUT2D eigenvalue weighted by atomic mass is 32.2. The Kier molecular flexibility index (Phi) is 3.98. The van der Waals surface area contributed by atoms with Crippen molar-refractivity contribution in [1.29, 1.82) is 0 Å². The van der Waals surface area contributed by atoms with Crippen LogP contribution < -0.4 is 5.32 Å². The monoisotopic (exact) mass is 255 g/mol. The minimum Gasteiger partial charge on any atom is -0.377 e. The molecule has 2 unspecified atom stereocenters. The highest BCUT2D eigenvalue weighted by Gasteiger charge is 2.40. The quantitative estimate of drug-likeness (QED) is 0.707. The lowest BCUT2D eigenvalue weighted by Crippen LogP contribution is -2.35. The molecule has 1 aliphatic heterocycles. The molecule has 1 saturated heterocycles. The van der Waals surface area contributed by atoms with Gasteiger partial charge in [-0.3, -0.25) is 0 Å². The van der Waals surface area contributed by atoms with Crippen molar-refractivity contribution in [1.82, 2.24) is 5.32 Å². The van der Waals surface area contributed by atoms with Gasteiger partial charge in [-0.05, 0) is 50.9 Å². The number of nitrogens with one attached hydrogen (secondary N) is 1. The van der Waals surface area contributed by atoms with Gasteiger partial charge in [0, 0.05) is 30.2 Å². The van der Waals surface area contributed by atoms with Crippen LogP contribution in [0.25, 0.3) is 0 Å². The number of hydrogen-bond acceptors (Lipinski definition) is 3. The van der Waals surface area contributed by atoms with Crippen LogP contribution in [0.3, 0.4) is 0 Å². The van der Waals surface area contributed by atoms with E-state index in [9.17, 15) is 0 Å². The van der Waals surface area contributed by atoms with Crippen LogP contribution in [-0.4, -0.2) is 36.3 Å². The average Bonchev–Trinajstić information content (AvgIpc) is 3.21. The minimum absolute atomic E-state index is 0.475. The fourth-order valence-corrected chi connectivity index (χ4v) is 4.15. The van der Waals surface area contributed by atoms with Crippen molar-refractivity contribution < 1.29 is 4.74 Å². The zero-order valence-electron chi connectivity index (χ0n) is 10.9. The predicted octanol–water partition coefficient (Wildman–Crippen LogP) is 2.68. The van der Waals surface area contributed by atoms with Gasteiger partial charge in [0.15, 0.2) is 0 Å². The first kappa shape index (κ1) is 12.3. The summed E-state index contributed by atoms with van der Waals surface area (Å²) in [5, 5.41) is 4.57. The lowest BCUT2D eigenvalue weighted by molar-refractivity contribution is 0.127. The Labute approximate surface area is 109 Å². The van der Waals surface area contributed by atoms with Crippen molar-refractivity contribution in [2.75, 3.05) is 18.9 Å². The molecule has 98 valence electrons. The third-order valence-corrected chi connectivity index (χ3v) is 5.87. The van der Waals surface area contributed by atoms with E-state index in [0.29, 0.717) is 6.10 Å². The SMILES string of the molecule is CC1OCCC1SCCNC(C1CC1)C1CC1. The van der Waals surface area contributed by atoms with Crippen molar-refractivity contribution in [2.45, 2.75) is 56.4 Å². The summed E-state index contributed by atoms with van der Waals surface area (Å²) in [6.45, 7) is 4.39. The Balaban J connectivity index is 1.31. The normalized spacial score (nSPS) is 33.5. The standard InChI is InChI=1S/C14H25NOS/c1-10-13(6-8-16-10)17-9-7-15-14(11-2-3-11)12-4-5-12/h10-15H,2-9H2,1H3. The molecule has 3 heteroatoms. The maximum atomic E-state index is 5.60. The molecular formula is C14H25NOS. The first-order valence-corrected chi connectivity index (χ1v) is 8.36. The highest BCUT2D eigenvalue weighted by Crippen LogP contribution is 2.44. The minimum atomic E-state index is 0.475. The summed E-state index contributed by atoms with van der Waals surface area (Å²) in [4.78, 5) is 0. The molecule has 2 saturated carbocycles. The number of hydrogen-bond donors (Lipinski definition) is 1. The molecule has 2 nitrogen and oxygen atoms in total. The molecule has 3 aliphatic rings. The zero-order chi connectivity index (χ0) is 11.7.